The molecule has 172 valence electrons. The van der Waals surface area contributed by atoms with E-state index in [-0.39, 0.29) is 17.9 Å². The number of nitrogens with one attached hydrogen (secondary N) is 3. The number of aliphatic carboxylic acids is 2. The summed E-state index contributed by atoms with van der Waals surface area (Å²) in [4.78, 5) is 58.9. The number of carboxylic acids is 2. The van der Waals surface area contributed by atoms with Gasteiger partial charge in [-0.1, -0.05) is 0 Å². The van der Waals surface area contributed by atoms with Crippen molar-refractivity contribution in [1.82, 2.24) is 16.0 Å². The van der Waals surface area contributed by atoms with Crippen LogP contribution in [0.4, 0.5) is 0 Å². The Hall–Kier alpha value is -2.03. The zero-order valence-corrected chi connectivity index (χ0v) is 18.0. The van der Waals surface area contributed by atoms with Gasteiger partial charge in [0.25, 0.3) is 0 Å². The van der Waals surface area contributed by atoms with E-state index < -0.39 is 60.2 Å². The van der Waals surface area contributed by atoms with Gasteiger partial charge in [0.2, 0.25) is 17.7 Å². The van der Waals surface area contributed by atoms with E-state index in [4.69, 9.17) is 21.7 Å². The Kier molecular flexibility index (Phi) is 13.9. The van der Waals surface area contributed by atoms with Gasteiger partial charge in [-0.05, 0) is 25.8 Å². The molecule has 12 nitrogen and oxygen atoms in total. The molecule has 0 radical (unpaired) electrons. The summed E-state index contributed by atoms with van der Waals surface area (Å²) in [7, 11) is 0. The second kappa shape index (κ2) is 14.9. The summed E-state index contributed by atoms with van der Waals surface area (Å²) in [5.74, 6) is -5.21. The first-order chi connectivity index (χ1) is 14.1. The lowest BCUT2D eigenvalue weighted by atomic mass is 10.1. The highest BCUT2D eigenvalue weighted by atomic mass is 32.1. The van der Waals surface area contributed by atoms with Gasteiger partial charge in [0.15, 0.2) is 0 Å². The minimum Gasteiger partial charge on any atom is -0.481 e. The molecule has 0 aliphatic rings. The first kappa shape index (κ1) is 28.0. The van der Waals surface area contributed by atoms with Crippen LogP contribution < -0.4 is 27.4 Å². The molecule has 0 aliphatic heterocycles. The van der Waals surface area contributed by atoms with Gasteiger partial charge in [-0.15, -0.1) is 0 Å². The zero-order valence-electron chi connectivity index (χ0n) is 16.2. The predicted molar refractivity (Wildman–Crippen MR) is 114 cm³/mol. The average Bonchev–Trinajstić information content (AvgIpc) is 2.69. The summed E-state index contributed by atoms with van der Waals surface area (Å²) in [6.45, 7) is 0.343. The molecule has 0 aromatic rings. The molecule has 4 atom stereocenters. The maximum atomic E-state index is 12.5. The maximum absolute atomic E-state index is 12.5. The molecule has 0 fully saturated rings. The molecule has 14 heteroatoms. The summed E-state index contributed by atoms with van der Waals surface area (Å²) >= 11 is 7.91. The number of thiol groups is 2. The molecule has 0 aromatic carbocycles. The summed E-state index contributed by atoms with van der Waals surface area (Å²) < 4.78 is 0. The van der Waals surface area contributed by atoms with Gasteiger partial charge in [0.05, 0.1) is 12.5 Å². The van der Waals surface area contributed by atoms with Gasteiger partial charge in [-0.25, -0.2) is 4.79 Å². The summed E-state index contributed by atoms with van der Waals surface area (Å²) in [5, 5.41) is 24.8. The van der Waals surface area contributed by atoms with Crippen LogP contribution in [-0.4, -0.2) is 82.1 Å². The first-order valence-electron chi connectivity index (χ1n) is 9.10. The van der Waals surface area contributed by atoms with Crippen molar-refractivity contribution < 1.29 is 34.2 Å². The Labute approximate surface area is 184 Å². The number of amides is 3. The van der Waals surface area contributed by atoms with Gasteiger partial charge >= 0.3 is 11.9 Å². The SMILES string of the molecule is NCCCCC(NC(=O)C(CS)NC(=O)C(N)CS)C(=O)NC(CC(=O)O)C(=O)O. The summed E-state index contributed by atoms with van der Waals surface area (Å²) in [5.41, 5.74) is 11.0. The van der Waals surface area contributed by atoms with Crippen molar-refractivity contribution in [1.29, 1.82) is 0 Å². The number of unbranched alkanes of at least 4 members (excludes halogenated alkanes) is 1. The maximum Gasteiger partial charge on any atom is 0.326 e. The van der Waals surface area contributed by atoms with Crippen molar-refractivity contribution in [2.45, 2.75) is 49.9 Å². The number of carbonyl (C=O) groups is 5. The van der Waals surface area contributed by atoms with E-state index in [1.807, 2.05) is 0 Å². The lowest BCUT2D eigenvalue weighted by Gasteiger charge is -2.24. The number of carbonyl (C=O) groups excluding carboxylic acids is 3. The van der Waals surface area contributed by atoms with Crippen LogP contribution in [0.5, 0.6) is 0 Å². The highest BCUT2D eigenvalue weighted by molar-refractivity contribution is 7.80. The van der Waals surface area contributed by atoms with E-state index >= 15 is 0 Å². The lowest BCUT2D eigenvalue weighted by molar-refractivity contribution is -0.147. The van der Waals surface area contributed by atoms with Gasteiger partial charge in [0.1, 0.15) is 18.1 Å². The highest BCUT2D eigenvalue weighted by Crippen LogP contribution is 2.04. The highest BCUT2D eigenvalue weighted by Gasteiger charge is 2.30. The number of carboxylic acid groups (broad SMARTS) is 2. The Morgan fingerprint density at radius 2 is 1.33 bits per heavy atom. The molecule has 0 saturated heterocycles. The number of rotatable bonds is 15. The molecule has 3 amide bonds. The molecular formula is C16H29N5O7S2. The van der Waals surface area contributed by atoms with Crippen molar-refractivity contribution in [2.24, 2.45) is 11.5 Å². The number of hydrogen-bond donors (Lipinski definition) is 9. The molecule has 4 unspecified atom stereocenters. The summed E-state index contributed by atoms with van der Waals surface area (Å²) in [6.07, 6.45) is 0.272. The lowest BCUT2D eigenvalue weighted by Crippen LogP contribution is -2.58. The Morgan fingerprint density at radius 3 is 1.80 bits per heavy atom. The second-order valence-corrected chi connectivity index (χ2v) is 7.11. The normalized spacial score (nSPS) is 14.7. The topological polar surface area (TPSA) is 214 Å². The second-order valence-electron chi connectivity index (χ2n) is 6.38. The Bertz CT molecular complexity index is 623. The molecule has 0 rings (SSSR count). The van der Waals surface area contributed by atoms with Crippen molar-refractivity contribution >= 4 is 54.9 Å². The van der Waals surface area contributed by atoms with E-state index in [1.165, 1.54) is 0 Å². The fourth-order valence-electron chi connectivity index (χ4n) is 2.24. The van der Waals surface area contributed by atoms with E-state index in [1.54, 1.807) is 0 Å². The third kappa shape index (κ3) is 10.7. The van der Waals surface area contributed by atoms with Crippen molar-refractivity contribution in [3.05, 3.63) is 0 Å². The monoisotopic (exact) mass is 467 g/mol. The molecule has 0 spiro atoms. The van der Waals surface area contributed by atoms with Crippen LogP contribution in [0.1, 0.15) is 25.7 Å². The van der Waals surface area contributed by atoms with Crippen molar-refractivity contribution in [2.75, 3.05) is 18.1 Å². The molecule has 0 aliphatic carbocycles. The Balaban J connectivity index is 5.26. The van der Waals surface area contributed by atoms with Crippen LogP contribution >= 0.6 is 25.3 Å². The molecule has 30 heavy (non-hydrogen) atoms. The molecular weight excluding hydrogens is 438 g/mol. The van der Waals surface area contributed by atoms with E-state index in [9.17, 15) is 24.0 Å². The first-order valence-corrected chi connectivity index (χ1v) is 10.4. The van der Waals surface area contributed by atoms with Crippen LogP contribution in [0.15, 0.2) is 0 Å². The third-order valence-corrected chi connectivity index (χ3v) is 4.68. The van der Waals surface area contributed by atoms with E-state index in [2.05, 4.69) is 41.2 Å². The van der Waals surface area contributed by atoms with Gasteiger partial charge in [-0.2, -0.15) is 25.3 Å². The fourth-order valence-corrected chi connectivity index (χ4v) is 2.66. The molecule has 9 N–H and O–H groups in total. The zero-order chi connectivity index (χ0) is 23.3. The number of nitrogens with two attached hydrogens (primary N) is 2. The van der Waals surface area contributed by atoms with Crippen LogP contribution in [0.2, 0.25) is 0 Å². The average molecular weight is 468 g/mol. The largest absolute Gasteiger partial charge is 0.481 e. The minimum absolute atomic E-state index is 0.0526. The predicted octanol–water partition coefficient (Wildman–Crippen LogP) is -2.68. The van der Waals surface area contributed by atoms with Gasteiger partial charge < -0.3 is 37.6 Å². The van der Waals surface area contributed by atoms with Gasteiger partial charge in [0, 0.05) is 11.5 Å². The van der Waals surface area contributed by atoms with Crippen LogP contribution in [0.25, 0.3) is 0 Å². The minimum atomic E-state index is -1.67. The molecule has 0 aromatic heterocycles. The molecule has 0 heterocycles. The van der Waals surface area contributed by atoms with Gasteiger partial charge in [-0.3, -0.25) is 19.2 Å². The number of hydrogen-bond acceptors (Lipinski definition) is 9. The smallest absolute Gasteiger partial charge is 0.326 e. The molecule has 0 bridgehead atoms. The summed E-state index contributed by atoms with van der Waals surface area (Å²) in [6, 6.07) is -4.89. The quantitative estimate of drug-likeness (QED) is 0.0904. The third-order valence-electron chi connectivity index (χ3n) is 3.92. The fraction of sp³-hybridized carbons (Fsp3) is 0.688. The van der Waals surface area contributed by atoms with Crippen LogP contribution in [0, 0.1) is 0 Å². The molecule has 0 saturated carbocycles. The van der Waals surface area contributed by atoms with Crippen molar-refractivity contribution in [3.63, 3.8) is 0 Å². The standard InChI is InChI=1S/C16H29N5O7S2/c17-4-2-1-3-9(14(25)20-10(16(27)28)5-12(22)23)19-15(26)11(7-30)21-13(24)8(18)6-29/h8-11,29-30H,1-7,17-18H2,(H,19,26)(H,20,25)(H,21,24)(H,22,23)(H,27,28). The van der Waals surface area contributed by atoms with Crippen molar-refractivity contribution in [3.8, 4) is 0 Å². The van der Waals surface area contributed by atoms with Crippen LogP contribution in [0.3, 0.4) is 0 Å². The van der Waals surface area contributed by atoms with E-state index in [0.717, 1.165) is 0 Å². The van der Waals surface area contributed by atoms with Crippen LogP contribution in [-0.2, 0) is 24.0 Å². The van der Waals surface area contributed by atoms with E-state index in [0.29, 0.717) is 19.4 Å². The Morgan fingerprint density at radius 1 is 0.800 bits per heavy atom.